The van der Waals surface area contributed by atoms with Crippen molar-refractivity contribution in [1.82, 2.24) is 19.9 Å². The lowest BCUT2D eigenvalue weighted by molar-refractivity contribution is 0.0366. The Bertz CT molecular complexity index is 1030. The van der Waals surface area contributed by atoms with E-state index in [0.717, 1.165) is 6.92 Å². The molecule has 0 saturated carbocycles. The van der Waals surface area contributed by atoms with Crippen molar-refractivity contribution < 1.29 is 13.2 Å². The second kappa shape index (κ2) is 6.15. The highest BCUT2D eigenvalue weighted by molar-refractivity contribution is 6.05. The molecule has 0 aliphatic carbocycles. The number of fused-ring (bicyclic) bond motifs is 2. The van der Waals surface area contributed by atoms with Gasteiger partial charge in [-0.2, -0.15) is 4.98 Å². The van der Waals surface area contributed by atoms with Gasteiger partial charge < -0.3 is 20.9 Å². The topological polar surface area (TPSA) is 95.2 Å². The number of hydrogen-bond donors (Lipinski definition) is 3. The number of allylic oxidation sites excluding steroid dienone is 2. The van der Waals surface area contributed by atoms with E-state index in [9.17, 15) is 13.2 Å². The van der Waals surface area contributed by atoms with Crippen LogP contribution in [0.4, 0.5) is 19.1 Å². The SMILES string of the molecule is CC(F)(F)CNc1ncc2c(C3=CN4CC(N)=CN=C4C(F)=C3)c[nH]c2n1. The van der Waals surface area contributed by atoms with Crippen LogP contribution < -0.4 is 11.1 Å². The van der Waals surface area contributed by atoms with Crippen LogP contribution in [-0.4, -0.2) is 44.7 Å². The Morgan fingerprint density at radius 1 is 1.41 bits per heavy atom. The van der Waals surface area contributed by atoms with Crippen molar-refractivity contribution in [1.29, 1.82) is 0 Å². The van der Waals surface area contributed by atoms with Crippen LogP contribution >= 0.6 is 0 Å². The number of nitrogens with zero attached hydrogens (tertiary/aromatic N) is 4. The van der Waals surface area contributed by atoms with Crippen molar-refractivity contribution >= 4 is 28.4 Å². The van der Waals surface area contributed by atoms with Crippen molar-refractivity contribution in [2.24, 2.45) is 10.7 Å². The van der Waals surface area contributed by atoms with Gasteiger partial charge in [0.2, 0.25) is 5.95 Å². The van der Waals surface area contributed by atoms with Crippen LogP contribution in [0.5, 0.6) is 0 Å². The van der Waals surface area contributed by atoms with E-state index < -0.39 is 18.3 Å². The van der Waals surface area contributed by atoms with E-state index in [4.69, 9.17) is 5.73 Å². The number of aromatic amines is 1. The Kier molecular flexibility index (Phi) is 3.90. The molecule has 0 saturated heterocycles. The minimum atomic E-state index is -2.88. The normalized spacial score (nSPS) is 17.1. The third-order valence-electron chi connectivity index (χ3n) is 4.07. The van der Waals surface area contributed by atoms with E-state index in [-0.39, 0.29) is 11.8 Å². The van der Waals surface area contributed by atoms with E-state index in [2.05, 4.69) is 25.3 Å². The predicted molar refractivity (Wildman–Crippen MR) is 96.6 cm³/mol. The smallest absolute Gasteiger partial charge is 0.262 e. The molecule has 27 heavy (non-hydrogen) atoms. The van der Waals surface area contributed by atoms with Gasteiger partial charge in [-0.1, -0.05) is 0 Å². The van der Waals surface area contributed by atoms with Crippen molar-refractivity contribution in [2.45, 2.75) is 12.8 Å². The summed E-state index contributed by atoms with van der Waals surface area (Å²) in [6.45, 7) is 0.570. The Labute approximate surface area is 152 Å². The van der Waals surface area contributed by atoms with Crippen LogP contribution in [0.15, 0.2) is 47.4 Å². The number of halogens is 3. The van der Waals surface area contributed by atoms with Crippen molar-refractivity contribution in [3.8, 4) is 0 Å². The maximum absolute atomic E-state index is 14.4. The van der Waals surface area contributed by atoms with Crippen LogP contribution in [0.25, 0.3) is 16.6 Å². The highest BCUT2D eigenvalue weighted by Gasteiger charge is 2.25. The van der Waals surface area contributed by atoms with E-state index in [1.165, 1.54) is 18.5 Å². The molecule has 2 aromatic rings. The summed E-state index contributed by atoms with van der Waals surface area (Å²) in [5, 5.41) is 3.13. The lowest BCUT2D eigenvalue weighted by atomic mass is 10.0. The molecule has 0 atom stereocenters. The lowest BCUT2D eigenvalue weighted by Gasteiger charge is -2.28. The zero-order valence-electron chi connectivity index (χ0n) is 14.3. The van der Waals surface area contributed by atoms with E-state index in [1.54, 1.807) is 17.3 Å². The molecule has 0 unspecified atom stereocenters. The number of nitrogens with two attached hydrogens (primary N) is 1. The van der Waals surface area contributed by atoms with Crippen molar-refractivity contribution in [3.63, 3.8) is 0 Å². The van der Waals surface area contributed by atoms with Gasteiger partial charge in [-0.3, -0.25) is 0 Å². The first-order valence-corrected chi connectivity index (χ1v) is 8.15. The molecule has 4 heterocycles. The fourth-order valence-electron chi connectivity index (χ4n) is 2.86. The molecule has 10 heteroatoms. The van der Waals surface area contributed by atoms with Crippen LogP contribution in [0.3, 0.4) is 0 Å². The highest BCUT2D eigenvalue weighted by atomic mass is 19.3. The molecular formula is C17H16F3N7. The minimum Gasteiger partial charge on any atom is -0.399 e. The Morgan fingerprint density at radius 2 is 2.22 bits per heavy atom. The third kappa shape index (κ3) is 3.37. The van der Waals surface area contributed by atoms with Gasteiger partial charge in [0.05, 0.1) is 13.1 Å². The summed E-state index contributed by atoms with van der Waals surface area (Å²) in [6.07, 6.45) is 7.72. The summed E-state index contributed by atoms with van der Waals surface area (Å²) in [5.74, 6) is -3.07. The predicted octanol–water partition coefficient (Wildman–Crippen LogP) is 2.75. The molecule has 2 aliphatic rings. The number of hydrogen-bond acceptors (Lipinski definition) is 6. The standard InChI is InChI=1S/C17H16F3N7/c1-17(19,20)8-25-16-24-5-12-11(4-22-14(12)26-16)9-2-13(18)15-23-3-10(21)7-27(15)6-9/h2-6H,7-8,21H2,1H3,(H2,22,24,25,26). The molecule has 4 rings (SSSR count). The Balaban J connectivity index is 1.65. The van der Waals surface area contributed by atoms with Crippen LogP contribution in [0, 0.1) is 0 Å². The molecule has 2 aromatic heterocycles. The van der Waals surface area contributed by atoms with Crippen molar-refractivity contribution in [2.75, 3.05) is 18.4 Å². The molecule has 7 nitrogen and oxygen atoms in total. The van der Waals surface area contributed by atoms with Gasteiger partial charge in [0, 0.05) is 53.9 Å². The average Bonchev–Trinajstić information content (AvgIpc) is 3.02. The van der Waals surface area contributed by atoms with Gasteiger partial charge in [-0.05, 0) is 6.08 Å². The number of aromatic nitrogens is 3. The zero-order valence-corrected chi connectivity index (χ0v) is 14.3. The van der Waals surface area contributed by atoms with Gasteiger partial charge in [-0.15, -0.1) is 0 Å². The first kappa shape index (κ1) is 17.1. The largest absolute Gasteiger partial charge is 0.399 e. The molecule has 0 aromatic carbocycles. The summed E-state index contributed by atoms with van der Waals surface area (Å²) in [6, 6.07) is 0. The maximum atomic E-state index is 14.4. The summed E-state index contributed by atoms with van der Waals surface area (Å²) in [7, 11) is 0. The molecule has 2 aliphatic heterocycles. The van der Waals surface area contributed by atoms with E-state index >= 15 is 0 Å². The number of nitrogens with one attached hydrogen (secondary N) is 2. The first-order valence-electron chi connectivity index (χ1n) is 8.15. The van der Waals surface area contributed by atoms with E-state index in [1.807, 2.05) is 0 Å². The third-order valence-corrected chi connectivity index (χ3v) is 4.07. The number of rotatable bonds is 4. The van der Waals surface area contributed by atoms with Crippen LogP contribution in [0.2, 0.25) is 0 Å². The number of aliphatic imine (C=N–C) groups is 1. The summed E-state index contributed by atoms with van der Waals surface area (Å²) in [4.78, 5) is 16.8. The van der Waals surface area contributed by atoms with Gasteiger partial charge in [0.25, 0.3) is 5.92 Å². The molecule has 0 fully saturated rings. The summed E-state index contributed by atoms with van der Waals surface area (Å²) >= 11 is 0. The average molecular weight is 375 g/mol. The van der Waals surface area contributed by atoms with Gasteiger partial charge >= 0.3 is 0 Å². The Morgan fingerprint density at radius 3 is 3.00 bits per heavy atom. The molecule has 0 amide bonds. The summed E-state index contributed by atoms with van der Waals surface area (Å²) in [5.41, 5.74) is 8.02. The second-order valence-electron chi connectivity index (χ2n) is 6.44. The quantitative estimate of drug-likeness (QED) is 0.764. The number of anilines is 1. The molecule has 0 bridgehead atoms. The second-order valence-corrected chi connectivity index (χ2v) is 6.44. The number of amidine groups is 1. The minimum absolute atomic E-state index is 0.0835. The Hall–Kier alpha value is -3.30. The van der Waals surface area contributed by atoms with Gasteiger partial charge in [0.1, 0.15) is 5.65 Å². The summed E-state index contributed by atoms with van der Waals surface area (Å²) < 4.78 is 40.4. The number of H-pyrrole nitrogens is 1. The molecule has 140 valence electrons. The van der Waals surface area contributed by atoms with E-state index in [0.29, 0.717) is 34.4 Å². The lowest BCUT2D eigenvalue weighted by Crippen LogP contribution is -2.34. The van der Waals surface area contributed by atoms with Crippen LogP contribution in [0.1, 0.15) is 12.5 Å². The highest BCUT2D eigenvalue weighted by Crippen LogP contribution is 2.31. The maximum Gasteiger partial charge on any atom is 0.262 e. The molecular weight excluding hydrogens is 359 g/mol. The van der Waals surface area contributed by atoms with Crippen molar-refractivity contribution in [3.05, 3.63) is 48.0 Å². The van der Waals surface area contributed by atoms with Gasteiger partial charge in [0.15, 0.2) is 11.7 Å². The molecule has 0 spiro atoms. The zero-order chi connectivity index (χ0) is 19.2. The first-order chi connectivity index (χ1) is 12.8. The molecule has 0 radical (unpaired) electrons. The number of alkyl halides is 2. The fourth-order valence-corrected chi connectivity index (χ4v) is 2.86. The van der Waals surface area contributed by atoms with Crippen LogP contribution in [-0.2, 0) is 0 Å². The van der Waals surface area contributed by atoms with Gasteiger partial charge in [-0.25, -0.2) is 23.1 Å². The monoisotopic (exact) mass is 375 g/mol. The fraction of sp³-hybridized carbons (Fsp3) is 0.235. The molecule has 4 N–H and O–H groups in total.